The van der Waals surface area contributed by atoms with Crippen LogP contribution in [0.5, 0.6) is 11.5 Å². The summed E-state index contributed by atoms with van der Waals surface area (Å²) in [5, 5.41) is 8.62. The van der Waals surface area contributed by atoms with E-state index in [-0.39, 0.29) is 6.61 Å². The largest absolute Gasteiger partial charge is 0.493 e. The number of aliphatic carboxylic acids is 1. The Balaban J connectivity index is 3.03. The molecule has 0 saturated heterocycles. The van der Waals surface area contributed by atoms with Gasteiger partial charge in [0.2, 0.25) is 0 Å². The van der Waals surface area contributed by atoms with Gasteiger partial charge in [0.05, 0.1) is 7.11 Å². The molecule has 1 N–H and O–H groups in total. The minimum Gasteiger partial charge on any atom is -0.493 e. The van der Waals surface area contributed by atoms with E-state index in [1.54, 1.807) is 24.3 Å². The van der Waals surface area contributed by atoms with Crippen molar-refractivity contribution in [1.29, 1.82) is 0 Å². The molecule has 0 amide bonds. The summed E-state index contributed by atoms with van der Waals surface area (Å²) in [6.07, 6.45) is 4.11. The summed E-state index contributed by atoms with van der Waals surface area (Å²) in [5.41, 5.74) is 1.97. The topological polar surface area (TPSA) is 55.8 Å². The number of hydrogen-bond acceptors (Lipinski definition) is 3. The van der Waals surface area contributed by atoms with Crippen LogP contribution in [0.4, 0.5) is 0 Å². The molecule has 0 aromatic heterocycles. The van der Waals surface area contributed by atoms with Gasteiger partial charge in [0, 0.05) is 17.2 Å². The highest BCUT2D eigenvalue weighted by molar-refractivity contribution is 6.25. The van der Waals surface area contributed by atoms with Crippen molar-refractivity contribution in [2.45, 2.75) is 0 Å². The van der Waals surface area contributed by atoms with Crippen molar-refractivity contribution in [2.75, 3.05) is 13.7 Å². The van der Waals surface area contributed by atoms with Gasteiger partial charge in [-0.2, -0.15) is 0 Å². The molecule has 0 spiro atoms. The Morgan fingerprint density at radius 1 is 1.50 bits per heavy atom. The first kappa shape index (κ1) is 14.1. The molecule has 5 heteroatoms. The molecule has 1 rings (SSSR count). The van der Waals surface area contributed by atoms with Crippen LogP contribution in [0.3, 0.4) is 0 Å². The number of carboxylic acid groups (broad SMARTS) is 1. The molecule has 0 heterocycles. The Morgan fingerprint density at radius 2 is 2.28 bits per heavy atom. The van der Waals surface area contributed by atoms with Crippen molar-refractivity contribution < 1.29 is 19.4 Å². The van der Waals surface area contributed by atoms with Crippen molar-refractivity contribution in [2.24, 2.45) is 0 Å². The zero-order valence-corrected chi connectivity index (χ0v) is 10.6. The van der Waals surface area contributed by atoms with E-state index < -0.39 is 5.97 Å². The molecule has 0 aliphatic heterocycles. The smallest absolute Gasteiger partial charge is 0.328 e. The van der Waals surface area contributed by atoms with Gasteiger partial charge >= 0.3 is 5.97 Å². The van der Waals surface area contributed by atoms with Gasteiger partial charge in [-0.15, -0.1) is 0 Å². The SMILES string of the molecule is COc1cccc(/C=C/C(=O)O)c1OC/C=C/Cl. The molecular weight excluding hydrogens is 256 g/mol. The average Bonchev–Trinajstić information content (AvgIpc) is 2.37. The van der Waals surface area contributed by atoms with Gasteiger partial charge in [-0.05, 0) is 18.2 Å². The number of hydrogen-bond donors (Lipinski definition) is 1. The van der Waals surface area contributed by atoms with Crippen LogP contribution in [0.2, 0.25) is 0 Å². The van der Waals surface area contributed by atoms with E-state index in [0.29, 0.717) is 17.1 Å². The second-order valence-electron chi connectivity index (χ2n) is 3.22. The molecule has 96 valence electrons. The van der Waals surface area contributed by atoms with Crippen molar-refractivity contribution in [3.8, 4) is 11.5 Å². The molecule has 4 nitrogen and oxygen atoms in total. The van der Waals surface area contributed by atoms with E-state index in [9.17, 15) is 4.79 Å². The summed E-state index contributed by atoms with van der Waals surface area (Å²) < 4.78 is 10.7. The molecular formula is C13H13ClO4. The van der Waals surface area contributed by atoms with Crippen molar-refractivity contribution in [1.82, 2.24) is 0 Å². The average molecular weight is 269 g/mol. The fourth-order valence-electron chi connectivity index (χ4n) is 1.31. The number of ether oxygens (including phenoxy) is 2. The van der Waals surface area contributed by atoms with Gasteiger partial charge in [-0.1, -0.05) is 23.7 Å². The highest BCUT2D eigenvalue weighted by Crippen LogP contribution is 2.31. The molecule has 0 aliphatic carbocycles. The van der Waals surface area contributed by atoms with E-state index in [2.05, 4.69) is 0 Å². The second-order valence-corrected chi connectivity index (χ2v) is 3.47. The molecule has 0 radical (unpaired) electrons. The predicted octanol–water partition coefficient (Wildman–Crippen LogP) is 2.92. The normalized spacial score (nSPS) is 11.0. The molecule has 18 heavy (non-hydrogen) atoms. The molecule has 0 aliphatic rings. The zero-order chi connectivity index (χ0) is 13.4. The van der Waals surface area contributed by atoms with Crippen LogP contribution >= 0.6 is 11.6 Å². The van der Waals surface area contributed by atoms with Crippen molar-refractivity contribution >= 4 is 23.6 Å². The van der Waals surface area contributed by atoms with Gasteiger partial charge in [0.25, 0.3) is 0 Å². The Hall–Kier alpha value is -1.94. The van der Waals surface area contributed by atoms with Gasteiger partial charge < -0.3 is 14.6 Å². The first-order valence-electron chi connectivity index (χ1n) is 5.15. The third kappa shape index (κ3) is 4.14. The monoisotopic (exact) mass is 268 g/mol. The molecule has 0 bridgehead atoms. The minimum atomic E-state index is -1.02. The molecule has 1 aromatic rings. The van der Waals surface area contributed by atoms with Crippen LogP contribution in [0.25, 0.3) is 6.08 Å². The number of para-hydroxylation sites is 1. The van der Waals surface area contributed by atoms with E-state index in [1.165, 1.54) is 18.7 Å². The summed E-state index contributed by atoms with van der Waals surface area (Å²) >= 11 is 5.40. The molecule has 0 atom stereocenters. The highest BCUT2D eigenvalue weighted by atomic mass is 35.5. The number of methoxy groups -OCH3 is 1. The quantitative estimate of drug-likeness (QED) is 0.806. The Kier molecular flexibility index (Phi) is 5.80. The lowest BCUT2D eigenvalue weighted by Gasteiger charge is -2.11. The van der Waals surface area contributed by atoms with Gasteiger partial charge in [0.15, 0.2) is 11.5 Å². The fourth-order valence-corrected chi connectivity index (χ4v) is 1.38. The van der Waals surface area contributed by atoms with E-state index in [4.69, 9.17) is 26.2 Å². The van der Waals surface area contributed by atoms with Gasteiger partial charge in [-0.3, -0.25) is 0 Å². The molecule has 0 saturated carbocycles. The minimum absolute atomic E-state index is 0.276. The maximum Gasteiger partial charge on any atom is 0.328 e. The molecule has 0 unspecified atom stereocenters. The van der Waals surface area contributed by atoms with Gasteiger partial charge in [-0.25, -0.2) is 4.79 Å². The van der Waals surface area contributed by atoms with Crippen molar-refractivity contribution in [3.63, 3.8) is 0 Å². The Morgan fingerprint density at radius 3 is 2.89 bits per heavy atom. The Bertz CT molecular complexity index is 466. The number of carbonyl (C=O) groups is 1. The van der Waals surface area contributed by atoms with Gasteiger partial charge in [0.1, 0.15) is 6.61 Å². The van der Waals surface area contributed by atoms with E-state index >= 15 is 0 Å². The lowest BCUT2D eigenvalue weighted by molar-refractivity contribution is -0.131. The van der Waals surface area contributed by atoms with Crippen LogP contribution < -0.4 is 9.47 Å². The number of halogens is 1. The maximum atomic E-state index is 10.5. The molecule has 0 fully saturated rings. The third-order valence-electron chi connectivity index (χ3n) is 2.05. The highest BCUT2D eigenvalue weighted by Gasteiger charge is 2.08. The Labute approximate surface area is 110 Å². The van der Waals surface area contributed by atoms with Crippen LogP contribution in [0.1, 0.15) is 5.56 Å². The summed E-state index contributed by atoms with van der Waals surface area (Å²) in [6.45, 7) is 0.276. The van der Waals surface area contributed by atoms with Crippen LogP contribution in [0, 0.1) is 0 Å². The number of benzene rings is 1. The van der Waals surface area contributed by atoms with E-state index in [1.807, 2.05) is 0 Å². The number of rotatable bonds is 6. The predicted molar refractivity (Wildman–Crippen MR) is 70.2 cm³/mol. The van der Waals surface area contributed by atoms with Crippen LogP contribution in [-0.4, -0.2) is 24.8 Å². The second kappa shape index (κ2) is 7.40. The summed E-state index contributed by atoms with van der Waals surface area (Å²) in [6, 6.07) is 5.23. The van der Waals surface area contributed by atoms with Crippen LogP contribution in [0.15, 0.2) is 35.9 Å². The fraction of sp³-hybridized carbons (Fsp3) is 0.154. The first-order chi connectivity index (χ1) is 8.69. The third-order valence-corrected chi connectivity index (χ3v) is 2.23. The summed E-state index contributed by atoms with van der Waals surface area (Å²) in [7, 11) is 1.52. The first-order valence-corrected chi connectivity index (χ1v) is 5.58. The lowest BCUT2D eigenvalue weighted by Crippen LogP contribution is -1.98. The summed E-state index contributed by atoms with van der Waals surface area (Å²) in [4.78, 5) is 10.5. The lowest BCUT2D eigenvalue weighted by atomic mass is 10.1. The van der Waals surface area contributed by atoms with Crippen LogP contribution in [-0.2, 0) is 4.79 Å². The van der Waals surface area contributed by atoms with Crippen molar-refractivity contribution in [3.05, 3.63) is 41.4 Å². The maximum absolute atomic E-state index is 10.5. The van der Waals surface area contributed by atoms with E-state index in [0.717, 1.165) is 6.08 Å². The number of carboxylic acids is 1. The molecule has 1 aromatic carbocycles. The summed E-state index contributed by atoms with van der Waals surface area (Å²) in [5.74, 6) is -0.0119. The zero-order valence-electron chi connectivity index (χ0n) is 9.80. The standard InChI is InChI=1S/C13H13ClO4/c1-17-11-5-2-4-10(6-7-12(15)16)13(11)18-9-3-8-14/h2-8H,9H2,1H3,(H,15,16)/b7-6+,8-3+.